The smallest absolute Gasteiger partial charge is 0.409 e. The van der Waals surface area contributed by atoms with E-state index >= 15 is 0 Å². The fourth-order valence-electron chi connectivity index (χ4n) is 4.37. The number of nitrogens with zero attached hydrogens (tertiary/aromatic N) is 3. The standard InChI is InChI=1S/C26H32N4O7/c1-3-35-24(33)26(10-7-11-26)37-21-16-20(28-19-9-6-5-8-18(19)21)23(32)27-17-22(31)29-12-14-30(15-13-29)25(34)36-4-2/h5-6,8-9,16H,3-4,7,10-15,17H2,1-2H3,(H,27,32). The lowest BCUT2D eigenvalue weighted by molar-refractivity contribution is -0.169. The van der Waals surface area contributed by atoms with Crippen LogP contribution in [0.25, 0.3) is 10.9 Å². The summed E-state index contributed by atoms with van der Waals surface area (Å²) in [5.41, 5.74) is -0.466. The fourth-order valence-corrected chi connectivity index (χ4v) is 4.37. The number of esters is 1. The van der Waals surface area contributed by atoms with Gasteiger partial charge in [-0.3, -0.25) is 9.59 Å². The largest absolute Gasteiger partial charge is 0.475 e. The number of aromatic nitrogens is 1. The molecule has 11 heteroatoms. The molecule has 1 aliphatic carbocycles. The van der Waals surface area contributed by atoms with Crippen LogP contribution in [0.2, 0.25) is 0 Å². The van der Waals surface area contributed by atoms with Gasteiger partial charge in [0.05, 0.1) is 25.3 Å². The summed E-state index contributed by atoms with van der Waals surface area (Å²) in [4.78, 5) is 57.7. The molecule has 1 aromatic heterocycles. The van der Waals surface area contributed by atoms with E-state index in [2.05, 4.69) is 10.3 Å². The van der Waals surface area contributed by atoms with E-state index in [0.717, 1.165) is 6.42 Å². The van der Waals surface area contributed by atoms with E-state index in [1.165, 1.54) is 6.07 Å². The summed E-state index contributed by atoms with van der Waals surface area (Å²) in [6, 6.07) is 8.69. The van der Waals surface area contributed by atoms with Gasteiger partial charge in [0.1, 0.15) is 11.4 Å². The monoisotopic (exact) mass is 512 g/mol. The van der Waals surface area contributed by atoms with Gasteiger partial charge in [-0.1, -0.05) is 12.1 Å². The zero-order chi connectivity index (χ0) is 26.4. The van der Waals surface area contributed by atoms with E-state index in [1.807, 2.05) is 12.1 Å². The van der Waals surface area contributed by atoms with Crippen LogP contribution in [0, 0.1) is 0 Å². The quantitative estimate of drug-likeness (QED) is 0.533. The van der Waals surface area contributed by atoms with Crippen molar-refractivity contribution in [3.05, 3.63) is 36.0 Å². The van der Waals surface area contributed by atoms with Crippen molar-refractivity contribution in [1.29, 1.82) is 0 Å². The van der Waals surface area contributed by atoms with Gasteiger partial charge >= 0.3 is 12.1 Å². The SMILES string of the molecule is CCOC(=O)N1CCN(C(=O)CNC(=O)c2cc(OC3(C(=O)OCC)CCC3)c3ccccc3n2)CC1. The number of benzene rings is 1. The van der Waals surface area contributed by atoms with Crippen LogP contribution in [0.15, 0.2) is 30.3 Å². The molecule has 198 valence electrons. The molecule has 0 spiro atoms. The first-order valence-corrected chi connectivity index (χ1v) is 12.6. The van der Waals surface area contributed by atoms with Crippen LogP contribution in [0.5, 0.6) is 5.75 Å². The molecule has 1 aromatic carbocycles. The van der Waals surface area contributed by atoms with Crippen LogP contribution >= 0.6 is 0 Å². The van der Waals surface area contributed by atoms with Crippen molar-refractivity contribution in [2.45, 2.75) is 38.7 Å². The molecule has 1 saturated heterocycles. The third-order valence-electron chi connectivity index (χ3n) is 6.58. The Morgan fingerprint density at radius 3 is 2.30 bits per heavy atom. The molecule has 3 amide bonds. The highest BCUT2D eigenvalue weighted by Crippen LogP contribution is 2.40. The number of nitrogens with one attached hydrogen (secondary N) is 1. The van der Waals surface area contributed by atoms with Gasteiger partial charge in [-0.15, -0.1) is 0 Å². The average Bonchev–Trinajstić information content (AvgIpc) is 2.89. The van der Waals surface area contributed by atoms with Crippen LogP contribution in [-0.2, 0) is 19.1 Å². The topological polar surface area (TPSA) is 127 Å². The van der Waals surface area contributed by atoms with Crippen molar-refractivity contribution in [1.82, 2.24) is 20.1 Å². The van der Waals surface area contributed by atoms with Crippen LogP contribution in [-0.4, -0.2) is 90.2 Å². The molecule has 37 heavy (non-hydrogen) atoms. The number of carbonyl (C=O) groups is 4. The number of amides is 3. The van der Waals surface area contributed by atoms with Gasteiger partial charge in [0.15, 0.2) is 0 Å². The molecule has 4 rings (SSSR count). The van der Waals surface area contributed by atoms with Gasteiger partial charge in [0.2, 0.25) is 11.5 Å². The van der Waals surface area contributed by atoms with Crippen molar-refractivity contribution < 1.29 is 33.4 Å². The number of para-hydroxylation sites is 1. The van der Waals surface area contributed by atoms with Gasteiger partial charge in [-0.25, -0.2) is 14.6 Å². The van der Waals surface area contributed by atoms with Crippen molar-refractivity contribution in [3.63, 3.8) is 0 Å². The first-order chi connectivity index (χ1) is 17.9. The minimum atomic E-state index is -1.07. The highest BCUT2D eigenvalue weighted by Gasteiger charge is 2.48. The molecule has 2 aromatic rings. The zero-order valence-corrected chi connectivity index (χ0v) is 21.2. The van der Waals surface area contributed by atoms with E-state index < -0.39 is 23.6 Å². The summed E-state index contributed by atoms with van der Waals surface area (Å²) in [7, 11) is 0. The van der Waals surface area contributed by atoms with E-state index in [4.69, 9.17) is 14.2 Å². The van der Waals surface area contributed by atoms with Crippen LogP contribution in [0.3, 0.4) is 0 Å². The van der Waals surface area contributed by atoms with Gasteiger partial charge in [-0.2, -0.15) is 0 Å². The molecule has 0 bridgehead atoms. The Bertz CT molecular complexity index is 1170. The van der Waals surface area contributed by atoms with Crippen LogP contribution in [0.1, 0.15) is 43.6 Å². The van der Waals surface area contributed by atoms with Crippen LogP contribution < -0.4 is 10.1 Å². The Balaban J connectivity index is 1.43. The summed E-state index contributed by atoms with van der Waals surface area (Å²) >= 11 is 0. The molecule has 0 radical (unpaired) electrons. The molecule has 1 saturated carbocycles. The Labute approximate surface area is 215 Å². The summed E-state index contributed by atoms with van der Waals surface area (Å²) in [6.45, 7) is 5.27. The molecule has 11 nitrogen and oxygen atoms in total. The molecule has 2 fully saturated rings. The van der Waals surface area contributed by atoms with Gasteiger partial charge < -0.3 is 29.3 Å². The summed E-state index contributed by atoms with van der Waals surface area (Å²) in [5.74, 6) is -0.843. The number of ether oxygens (including phenoxy) is 3. The first-order valence-electron chi connectivity index (χ1n) is 12.6. The fraction of sp³-hybridized carbons (Fsp3) is 0.500. The molecule has 2 heterocycles. The van der Waals surface area contributed by atoms with Crippen LogP contribution in [0.4, 0.5) is 4.79 Å². The Kier molecular flexibility index (Phi) is 8.10. The predicted molar refractivity (Wildman–Crippen MR) is 133 cm³/mol. The zero-order valence-electron chi connectivity index (χ0n) is 21.2. The molecule has 1 aliphatic heterocycles. The van der Waals surface area contributed by atoms with Gasteiger partial charge in [0.25, 0.3) is 5.91 Å². The number of carbonyl (C=O) groups excluding carboxylic acids is 4. The molecule has 2 aliphatic rings. The summed E-state index contributed by atoms with van der Waals surface area (Å²) in [5, 5.41) is 3.30. The normalized spacial score (nSPS) is 16.5. The Morgan fingerprint density at radius 1 is 0.973 bits per heavy atom. The lowest BCUT2D eigenvalue weighted by Crippen LogP contribution is -2.52. The molecular formula is C26H32N4O7. The predicted octanol–water partition coefficient (Wildman–Crippen LogP) is 2.13. The third-order valence-corrected chi connectivity index (χ3v) is 6.58. The highest BCUT2D eigenvalue weighted by atomic mass is 16.6. The minimum Gasteiger partial charge on any atom is -0.475 e. The van der Waals surface area contributed by atoms with Crippen molar-refractivity contribution in [2.24, 2.45) is 0 Å². The van der Waals surface area contributed by atoms with E-state index in [-0.39, 0.29) is 24.8 Å². The Morgan fingerprint density at radius 2 is 1.65 bits per heavy atom. The number of rotatable bonds is 8. The number of piperazine rings is 1. The maximum Gasteiger partial charge on any atom is 0.409 e. The van der Waals surface area contributed by atoms with E-state index in [9.17, 15) is 19.2 Å². The highest BCUT2D eigenvalue weighted by molar-refractivity contribution is 5.98. The molecular weight excluding hydrogens is 480 g/mol. The Hall–Kier alpha value is -3.89. The second-order valence-corrected chi connectivity index (χ2v) is 8.94. The molecule has 0 unspecified atom stereocenters. The van der Waals surface area contributed by atoms with E-state index in [1.54, 1.807) is 35.8 Å². The maximum atomic E-state index is 13.0. The maximum absolute atomic E-state index is 13.0. The molecule has 1 N–H and O–H groups in total. The number of hydrogen-bond acceptors (Lipinski definition) is 8. The van der Waals surface area contributed by atoms with Crippen molar-refractivity contribution in [2.75, 3.05) is 45.9 Å². The summed E-state index contributed by atoms with van der Waals surface area (Å²) < 4.78 is 16.4. The molecule has 0 atom stereocenters. The second-order valence-electron chi connectivity index (χ2n) is 8.94. The van der Waals surface area contributed by atoms with Crippen molar-refractivity contribution >= 4 is 34.8 Å². The number of hydrogen-bond donors (Lipinski definition) is 1. The second kappa shape index (κ2) is 11.4. The lowest BCUT2D eigenvalue weighted by Gasteiger charge is -2.39. The third kappa shape index (κ3) is 5.76. The lowest BCUT2D eigenvalue weighted by atomic mass is 9.80. The minimum absolute atomic E-state index is 0.0759. The van der Waals surface area contributed by atoms with Gasteiger partial charge in [-0.05, 0) is 45.2 Å². The van der Waals surface area contributed by atoms with Crippen molar-refractivity contribution in [3.8, 4) is 5.75 Å². The summed E-state index contributed by atoms with van der Waals surface area (Å²) in [6.07, 6.45) is 1.50. The average molecular weight is 513 g/mol. The van der Waals surface area contributed by atoms with E-state index in [0.29, 0.717) is 62.3 Å². The number of pyridine rings is 1. The number of fused-ring (bicyclic) bond motifs is 1. The first kappa shape index (κ1) is 26.2. The van der Waals surface area contributed by atoms with Gasteiger partial charge in [0, 0.05) is 37.6 Å².